The molecule has 0 saturated carbocycles. The first-order valence-corrected chi connectivity index (χ1v) is 4.58. The van der Waals surface area contributed by atoms with Crippen LogP contribution in [0.2, 0.25) is 0 Å². The molecule has 1 aliphatic rings. The van der Waals surface area contributed by atoms with Gasteiger partial charge in [0.25, 0.3) is 0 Å². The predicted octanol–water partition coefficient (Wildman–Crippen LogP) is 0.0440. The number of carboxylic acid groups (broad SMARTS) is 1. The molecule has 0 spiro atoms. The Morgan fingerprint density at radius 1 is 1.44 bits per heavy atom. The van der Waals surface area contributed by atoms with Crippen molar-refractivity contribution in [2.45, 2.75) is 12.8 Å². The summed E-state index contributed by atoms with van der Waals surface area (Å²) in [6.45, 7) is 0. The maximum Gasteiger partial charge on any atom is 0.352 e. The van der Waals surface area contributed by atoms with E-state index in [4.69, 9.17) is 5.11 Å². The van der Waals surface area contributed by atoms with Crippen molar-refractivity contribution in [3.05, 3.63) is 18.6 Å². The van der Waals surface area contributed by atoms with Gasteiger partial charge in [-0.05, 0) is 0 Å². The smallest absolute Gasteiger partial charge is 0.352 e. The van der Waals surface area contributed by atoms with Gasteiger partial charge in [0.15, 0.2) is 5.82 Å². The Hall–Kier alpha value is -2.31. The summed E-state index contributed by atoms with van der Waals surface area (Å²) in [6.07, 6.45) is 3.00. The number of carbonyl (C=O) groups is 2. The average Bonchev–Trinajstić information content (AvgIpc) is 2.30. The third kappa shape index (κ3) is 1.88. The normalized spacial score (nSPS) is 15.9. The van der Waals surface area contributed by atoms with Crippen molar-refractivity contribution >= 4 is 23.4 Å². The fourth-order valence-electron chi connectivity index (χ4n) is 1.30. The maximum atomic E-state index is 11.5. The van der Waals surface area contributed by atoms with Crippen molar-refractivity contribution in [1.29, 1.82) is 0 Å². The minimum Gasteiger partial charge on any atom is -0.477 e. The molecule has 1 aromatic heterocycles. The highest BCUT2D eigenvalue weighted by Crippen LogP contribution is 2.16. The molecule has 16 heavy (non-hydrogen) atoms. The van der Waals surface area contributed by atoms with Crippen LogP contribution in [0, 0.1) is 0 Å². The van der Waals surface area contributed by atoms with Crippen LogP contribution in [0.3, 0.4) is 0 Å². The number of hydrogen-bond donors (Lipinski definition) is 1. The number of rotatable bonds is 2. The zero-order valence-electron chi connectivity index (χ0n) is 8.20. The average molecular weight is 220 g/mol. The number of aliphatic carboxylic acids is 1. The molecule has 0 atom stereocenters. The monoisotopic (exact) mass is 220 g/mol. The van der Waals surface area contributed by atoms with Gasteiger partial charge in [0.05, 0.1) is 0 Å². The molecule has 0 bridgehead atoms. The summed E-state index contributed by atoms with van der Waals surface area (Å²) in [5, 5.41) is 13.5. The maximum absolute atomic E-state index is 11.5. The molecule has 1 N–H and O–H groups in total. The van der Waals surface area contributed by atoms with Gasteiger partial charge < -0.3 is 5.11 Å². The molecule has 0 saturated heterocycles. The van der Waals surface area contributed by atoms with Crippen LogP contribution in [0.5, 0.6) is 0 Å². The molecule has 0 aromatic carbocycles. The van der Waals surface area contributed by atoms with Gasteiger partial charge in [0.2, 0.25) is 5.91 Å². The minimum absolute atomic E-state index is 0.0433. The van der Waals surface area contributed by atoms with Crippen LogP contribution in [-0.2, 0) is 9.59 Å². The number of hydrazone groups is 1. The number of nitrogens with zero attached hydrogens (tertiary/aromatic N) is 4. The molecule has 1 aliphatic heterocycles. The molecule has 2 heterocycles. The van der Waals surface area contributed by atoms with E-state index < -0.39 is 5.97 Å². The highest BCUT2D eigenvalue weighted by molar-refractivity contribution is 6.37. The lowest BCUT2D eigenvalue weighted by Gasteiger charge is -2.20. The summed E-state index contributed by atoms with van der Waals surface area (Å²) in [5.41, 5.74) is -0.0433. The molecule has 1 amide bonds. The lowest BCUT2D eigenvalue weighted by atomic mass is 10.2. The second-order valence-corrected chi connectivity index (χ2v) is 3.12. The van der Waals surface area contributed by atoms with E-state index in [1.807, 2.05) is 0 Å². The van der Waals surface area contributed by atoms with Crippen LogP contribution in [-0.4, -0.2) is 32.7 Å². The fourth-order valence-corrected chi connectivity index (χ4v) is 1.30. The third-order valence-electron chi connectivity index (χ3n) is 2.06. The summed E-state index contributed by atoms with van der Waals surface area (Å²) in [7, 11) is 0. The van der Waals surface area contributed by atoms with Crippen molar-refractivity contribution in [3.63, 3.8) is 0 Å². The van der Waals surface area contributed by atoms with Gasteiger partial charge >= 0.3 is 5.97 Å². The van der Waals surface area contributed by atoms with Crippen molar-refractivity contribution in [2.75, 3.05) is 5.01 Å². The quantitative estimate of drug-likeness (QED) is 0.759. The van der Waals surface area contributed by atoms with Crippen LogP contribution >= 0.6 is 0 Å². The van der Waals surface area contributed by atoms with Crippen molar-refractivity contribution in [1.82, 2.24) is 9.97 Å². The number of carboxylic acids is 1. The molecule has 0 aliphatic carbocycles. The Kier molecular flexibility index (Phi) is 2.59. The minimum atomic E-state index is -1.12. The molecule has 82 valence electrons. The molecule has 7 heteroatoms. The highest BCUT2D eigenvalue weighted by Gasteiger charge is 2.25. The van der Waals surface area contributed by atoms with Crippen molar-refractivity contribution in [2.24, 2.45) is 5.10 Å². The SMILES string of the molecule is O=C(O)C1=NN(c2ccncn2)C(=O)CC1. The van der Waals surface area contributed by atoms with Crippen LogP contribution in [0.25, 0.3) is 0 Å². The second kappa shape index (κ2) is 4.05. The molecule has 0 unspecified atom stereocenters. The van der Waals surface area contributed by atoms with E-state index in [1.54, 1.807) is 0 Å². The molecular weight excluding hydrogens is 212 g/mol. The van der Waals surface area contributed by atoms with E-state index in [2.05, 4.69) is 15.1 Å². The Labute approximate surface area is 90.4 Å². The Morgan fingerprint density at radius 2 is 2.25 bits per heavy atom. The number of amides is 1. The Morgan fingerprint density at radius 3 is 2.88 bits per heavy atom. The van der Waals surface area contributed by atoms with Gasteiger partial charge in [0.1, 0.15) is 12.0 Å². The number of aromatic nitrogens is 2. The second-order valence-electron chi connectivity index (χ2n) is 3.12. The van der Waals surface area contributed by atoms with Crippen LogP contribution < -0.4 is 5.01 Å². The molecule has 0 fully saturated rings. The summed E-state index contributed by atoms with van der Waals surface area (Å²) in [6, 6.07) is 1.49. The van der Waals surface area contributed by atoms with Crippen LogP contribution in [0.1, 0.15) is 12.8 Å². The van der Waals surface area contributed by atoms with Gasteiger partial charge in [-0.1, -0.05) is 0 Å². The Bertz CT molecular complexity index is 457. The van der Waals surface area contributed by atoms with E-state index in [-0.39, 0.29) is 30.3 Å². The summed E-state index contributed by atoms with van der Waals surface area (Å²) < 4.78 is 0. The lowest BCUT2D eigenvalue weighted by Crippen LogP contribution is -2.34. The predicted molar refractivity (Wildman–Crippen MR) is 53.8 cm³/mol. The summed E-state index contributed by atoms with van der Waals surface area (Å²) in [5.74, 6) is -1.12. The van der Waals surface area contributed by atoms with Crippen LogP contribution in [0.15, 0.2) is 23.7 Å². The van der Waals surface area contributed by atoms with Gasteiger partial charge in [-0.25, -0.2) is 14.8 Å². The van der Waals surface area contributed by atoms with Gasteiger partial charge in [-0.15, -0.1) is 0 Å². The lowest BCUT2D eigenvalue weighted by molar-refractivity contribution is -0.129. The van der Waals surface area contributed by atoms with Gasteiger partial charge in [-0.2, -0.15) is 10.1 Å². The van der Waals surface area contributed by atoms with E-state index in [9.17, 15) is 9.59 Å². The number of hydrogen-bond acceptors (Lipinski definition) is 5. The van der Waals surface area contributed by atoms with Crippen LogP contribution in [0.4, 0.5) is 5.82 Å². The van der Waals surface area contributed by atoms with E-state index in [0.717, 1.165) is 5.01 Å². The van der Waals surface area contributed by atoms with Gasteiger partial charge in [-0.3, -0.25) is 4.79 Å². The number of anilines is 1. The van der Waals surface area contributed by atoms with Gasteiger partial charge in [0, 0.05) is 25.1 Å². The number of carbonyl (C=O) groups excluding carboxylic acids is 1. The molecule has 7 nitrogen and oxygen atoms in total. The topological polar surface area (TPSA) is 95.8 Å². The molecular formula is C9H8N4O3. The van der Waals surface area contributed by atoms with Crippen molar-refractivity contribution < 1.29 is 14.7 Å². The largest absolute Gasteiger partial charge is 0.477 e. The third-order valence-corrected chi connectivity index (χ3v) is 2.06. The van der Waals surface area contributed by atoms with Crippen molar-refractivity contribution in [3.8, 4) is 0 Å². The van der Waals surface area contributed by atoms with E-state index in [1.165, 1.54) is 18.6 Å². The zero-order valence-corrected chi connectivity index (χ0v) is 8.20. The highest BCUT2D eigenvalue weighted by atomic mass is 16.4. The summed E-state index contributed by atoms with van der Waals surface area (Å²) in [4.78, 5) is 29.8. The summed E-state index contributed by atoms with van der Waals surface area (Å²) >= 11 is 0. The molecule has 1 aromatic rings. The first-order valence-electron chi connectivity index (χ1n) is 4.58. The Balaban J connectivity index is 2.35. The van der Waals surface area contributed by atoms with E-state index in [0.29, 0.717) is 0 Å². The standard InChI is InChI=1S/C9H8N4O3/c14-8-2-1-6(9(15)16)12-13(8)7-3-4-10-5-11-7/h3-5H,1-2H2,(H,15,16). The first kappa shape index (κ1) is 10.2. The first-order chi connectivity index (χ1) is 7.68. The fraction of sp³-hybridized carbons (Fsp3) is 0.222. The molecule has 2 rings (SSSR count). The van der Waals surface area contributed by atoms with E-state index >= 15 is 0 Å². The molecule has 0 radical (unpaired) electrons. The zero-order chi connectivity index (χ0) is 11.5.